The van der Waals surface area contributed by atoms with Crippen LogP contribution in [-0.4, -0.2) is 18.5 Å². The molecule has 2 aromatic carbocycles. The average molecular weight is 300 g/mol. The molecule has 1 fully saturated rings. The Morgan fingerprint density at radius 2 is 1.55 bits per heavy atom. The van der Waals surface area contributed by atoms with E-state index in [0.29, 0.717) is 23.7 Å². The quantitative estimate of drug-likeness (QED) is 0.947. The monoisotopic (exact) mass is 300 g/mol. The van der Waals surface area contributed by atoms with Gasteiger partial charge in [-0.3, -0.25) is 15.0 Å². The summed E-state index contributed by atoms with van der Waals surface area (Å²) in [7, 11) is 0. The summed E-state index contributed by atoms with van der Waals surface area (Å²) in [4.78, 5) is 24.4. The molecule has 1 aliphatic rings. The molecule has 3 rings (SSSR count). The van der Waals surface area contributed by atoms with Crippen molar-refractivity contribution in [1.29, 1.82) is 0 Å². The molecule has 1 saturated heterocycles. The average Bonchev–Trinajstić information content (AvgIpc) is 2.51. The minimum atomic E-state index is -0.427. The van der Waals surface area contributed by atoms with Gasteiger partial charge in [0.1, 0.15) is 17.3 Å². The third-order valence-corrected chi connectivity index (χ3v) is 3.25. The molecule has 0 atom stereocenters. The summed E-state index contributed by atoms with van der Waals surface area (Å²) in [5.41, 5.74) is 0.677. The van der Waals surface area contributed by atoms with E-state index in [4.69, 9.17) is 4.74 Å². The molecule has 2 aromatic rings. The Bertz CT molecular complexity index is 698. The van der Waals surface area contributed by atoms with Gasteiger partial charge in [0.2, 0.25) is 5.91 Å². The van der Waals surface area contributed by atoms with Gasteiger partial charge in [0.15, 0.2) is 0 Å². The summed E-state index contributed by atoms with van der Waals surface area (Å²) in [5.74, 6) is 0.505. The number of rotatable bonds is 3. The Morgan fingerprint density at radius 1 is 0.955 bits per heavy atom. The van der Waals surface area contributed by atoms with Crippen molar-refractivity contribution >= 4 is 17.6 Å². The molecule has 0 aromatic heterocycles. The fourth-order valence-electron chi connectivity index (χ4n) is 2.14. The molecule has 1 heterocycles. The van der Waals surface area contributed by atoms with Gasteiger partial charge in [0.25, 0.3) is 0 Å². The van der Waals surface area contributed by atoms with Gasteiger partial charge in [0.05, 0.1) is 0 Å². The predicted octanol–water partition coefficient (Wildman–Crippen LogP) is 3.06. The summed E-state index contributed by atoms with van der Waals surface area (Å²) in [5, 5.41) is 2.27. The number of carbonyl (C=O) groups is 2. The van der Waals surface area contributed by atoms with Gasteiger partial charge < -0.3 is 4.74 Å². The van der Waals surface area contributed by atoms with Crippen LogP contribution in [0.25, 0.3) is 0 Å². The molecule has 0 bridgehead atoms. The van der Waals surface area contributed by atoms with Crippen molar-refractivity contribution < 1.29 is 18.7 Å². The van der Waals surface area contributed by atoms with E-state index >= 15 is 0 Å². The molecular weight excluding hydrogens is 287 g/mol. The maximum Gasteiger partial charge on any atom is 0.328 e. The molecule has 1 aliphatic heterocycles. The van der Waals surface area contributed by atoms with E-state index in [-0.39, 0.29) is 18.1 Å². The van der Waals surface area contributed by atoms with Gasteiger partial charge in [-0.15, -0.1) is 0 Å². The number of urea groups is 1. The van der Waals surface area contributed by atoms with E-state index in [9.17, 15) is 14.0 Å². The number of amides is 3. The fraction of sp³-hybridized carbons (Fsp3) is 0.125. The number of carbonyl (C=O) groups excluding carboxylic acids is 2. The van der Waals surface area contributed by atoms with Crippen molar-refractivity contribution in [2.45, 2.75) is 6.42 Å². The Labute approximate surface area is 126 Å². The van der Waals surface area contributed by atoms with Gasteiger partial charge in [-0.05, 0) is 48.5 Å². The molecule has 0 unspecified atom stereocenters. The lowest BCUT2D eigenvalue weighted by Crippen LogP contribution is -2.49. The van der Waals surface area contributed by atoms with Gasteiger partial charge in [-0.1, -0.05) is 0 Å². The number of anilines is 1. The second-order valence-electron chi connectivity index (χ2n) is 4.80. The van der Waals surface area contributed by atoms with Crippen molar-refractivity contribution in [3.8, 4) is 11.5 Å². The Morgan fingerprint density at radius 3 is 2.14 bits per heavy atom. The number of ether oxygens (including phenoxy) is 1. The highest BCUT2D eigenvalue weighted by Gasteiger charge is 2.23. The summed E-state index contributed by atoms with van der Waals surface area (Å²) in [6, 6.07) is 12.2. The molecule has 22 heavy (non-hydrogen) atoms. The first-order valence-electron chi connectivity index (χ1n) is 6.77. The van der Waals surface area contributed by atoms with Crippen LogP contribution in [0.15, 0.2) is 48.5 Å². The first-order valence-corrected chi connectivity index (χ1v) is 6.77. The summed E-state index contributed by atoms with van der Waals surface area (Å²) < 4.78 is 18.4. The maximum absolute atomic E-state index is 12.8. The van der Waals surface area contributed by atoms with E-state index in [1.165, 1.54) is 29.2 Å². The zero-order chi connectivity index (χ0) is 15.5. The molecule has 112 valence electrons. The third kappa shape index (κ3) is 3.06. The van der Waals surface area contributed by atoms with E-state index in [1.54, 1.807) is 24.3 Å². The summed E-state index contributed by atoms with van der Waals surface area (Å²) in [6.45, 7) is 0.350. The Kier molecular flexibility index (Phi) is 3.74. The largest absolute Gasteiger partial charge is 0.457 e. The number of nitrogens with one attached hydrogen (secondary N) is 1. The van der Waals surface area contributed by atoms with Crippen LogP contribution in [0.2, 0.25) is 0 Å². The first kappa shape index (κ1) is 14.1. The number of benzene rings is 2. The van der Waals surface area contributed by atoms with Crippen molar-refractivity contribution in [2.24, 2.45) is 0 Å². The highest BCUT2D eigenvalue weighted by molar-refractivity contribution is 6.05. The van der Waals surface area contributed by atoms with Gasteiger partial charge in [-0.2, -0.15) is 0 Å². The molecule has 6 heteroatoms. The van der Waals surface area contributed by atoms with Gasteiger partial charge in [0, 0.05) is 18.7 Å². The molecule has 0 saturated carbocycles. The molecule has 0 spiro atoms. The van der Waals surface area contributed by atoms with E-state index in [2.05, 4.69) is 5.32 Å². The van der Waals surface area contributed by atoms with Crippen LogP contribution >= 0.6 is 0 Å². The maximum atomic E-state index is 12.8. The van der Waals surface area contributed by atoms with E-state index in [0.717, 1.165) is 0 Å². The van der Waals surface area contributed by atoms with Crippen LogP contribution < -0.4 is 15.0 Å². The predicted molar refractivity (Wildman–Crippen MR) is 78.4 cm³/mol. The van der Waals surface area contributed by atoms with Gasteiger partial charge in [-0.25, -0.2) is 9.18 Å². The van der Waals surface area contributed by atoms with Crippen LogP contribution in [-0.2, 0) is 4.79 Å². The lowest BCUT2D eigenvalue weighted by Gasteiger charge is -2.26. The second kappa shape index (κ2) is 5.85. The highest BCUT2D eigenvalue weighted by atomic mass is 19.1. The number of halogens is 1. The van der Waals surface area contributed by atoms with Crippen LogP contribution in [0.4, 0.5) is 14.9 Å². The van der Waals surface area contributed by atoms with Crippen molar-refractivity contribution in [1.82, 2.24) is 5.32 Å². The SMILES string of the molecule is O=C1CCN(c2ccc(Oc3ccc(F)cc3)cc2)C(=O)N1. The van der Waals surface area contributed by atoms with Gasteiger partial charge >= 0.3 is 6.03 Å². The number of imide groups is 1. The van der Waals surface area contributed by atoms with Crippen LogP contribution in [0.1, 0.15) is 6.42 Å². The third-order valence-electron chi connectivity index (χ3n) is 3.25. The molecule has 5 nitrogen and oxygen atoms in total. The molecular formula is C16H13FN2O3. The molecule has 0 aliphatic carbocycles. The van der Waals surface area contributed by atoms with Crippen molar-refractivity contribution in [3.63, 3.8) is 0 Å². The Hall–Kier alpha value is -2.89. The topological polar surface area (TPSA) is 58.6 Å². The second-order valence-corrected chi connectivity index (χ2v) is 4.80. The van der Waals surface area contributed by atoms with E-state index < -0.39 is 6.03 Å². The molecule has 3 amide bonds. The minimum Gasteiger partial charge on any atom is -0.457 e. The normalized spacial score (nSPS) is 14.7. The standard InChI is InChI=1S/C16H13FN2O3/c17-11-1-5-13(6-2-11)22-14-7-3-12(4-8-14)19-10-9-15(20)18-16(19)21/h1-8H,9-10H2,(H,18,20,21). The van der Waals surface area contributed by atoms with Crippen molar-refractivity contribution in [3.05, 3.63) is 54.3 Å². The van der Waals surface area contributed by atoms with Crippen LogP contribution in [0.5, 0.6) is 11.5 Å². The zero-order valence-corrected chi connectivity index (χ0v) is 11.6. The lowest BCUT2D eigenvalue weighted by atomic mass is 10.2. The summed E-state index contributed by atoms with van der Waals surface area (Å²) in [6.07, 6.45) is 0.277. The van der Waals surface area contributed by atoms with Crippen LogP contribution in [0.3, 0.4) is 0 Å². The number of nitrogens with zero attached hydrogens (tertiary/aromatic N) is 1. The molecule has 0 radical (unpaired) electrons. The first-order chi connectivity index (χ1) is 10.6. The highest BCUT2D eigenvalue weighted by Crippen LogP contribution is 2.25. The van der Waals surface area contributed by atoms with Crippen LogP contribution in [0, 0.1) is 5.82 Å². The lowest BCUT2D eigenvalue weighted by molar-refractivity contribution is -0.120. The fourth-order valence-corrected chi connectivity index (χ4v) is 2.14. The minimum absolute atomic E-state index is 0.266. The van der Waals surface area contributed by atoms with E-state index in [1.807, 2.05) is 0 Å². The zero-order valence-electron chi connectivity index (χ0n) is 11.6. The molecule has 1 N–H and O–H groups in total. The smallest absolute Gasteiger partial charge is 0.328 e. The number of hydrogen-bond acceptors (Lipinski definition) is 3. The number of hydrogen-bond donors (Lipinski definition) is 1. The van der Waals surface area contributed by atoms with Crippen molar-refractivity contribution in [2.75, 3.05) is 11.4 Å². The summed E-state index contributed by atoms with van der Waals surface area (Å²) >= 11 is 0. The Balaban J connectivity index is 1.71.